The first-order valence-corrected chi connectivity index (χ1v) is 15.4. The van der Waals surface area contributed by atoms with Gasteiger partial charge in [-0.05, 0) is 55.3 Å². The Morgan fingerprint density at radius 2 is 1.70 bits per heavy atom. The molecule has 37 heavy (non-hydrogen) atoms. The Labute approximate surface area is 220 Å². The molecule has 2 aromatic heterocycles. The van der Waals surface area contributed by atoms with E-state index in [9.17, 15) is 14.4 Å². The first-order chi connectivity index (χ1) is 17.8. The minimum Gasteiger partial charge on any atom is -0.457 e. The monoisotopic (exact) mass is 528 g/mol. The summed E-state index contributed by atoms with van der Waals surface area (Å²) in [5, 5.41) is 3.57. The zero-order valence-electron chi connectivity index (χ0n) is 22.3. The second-order valence-corrected chi connectivity index (χ2v) is 12.2. The summed E-state index contributed by atoms with van der Waals surface area (Å²) in [6, 6.07) is 7.56. The Balaban J connectivity index is 1.70. The van der Waals surface area contributed by atoms with Crippen LogP contribution in [0.3, 0.4) is 0 Å². The number of aryl methyl sites for hydroxylation is 1. The molecular weight excluding hydrogens is 490 g/mol. The number of rotatable bonds is 10. The summed E-state index contributed by atoms with van der Waals surface area (Å²) in [4.78, 5) is 43.6. The number of esters is 1. The van der Waals surface area contributed by atoms with E-state index < -0.39 is 0 Å². The summed E-state index contributed by atoms with van der Waals surface area (Å²) < 4.78 is 10.1. The van der Waals surface area contributed by atoms with E-state index in [1.54, 1.807) is 23.6 Å². The Morgan fingerprint density at radius 1 is 1.03 bits per heavy atom. The van der Waals surface area contributed by atoms with Crippen molar-refractivity contribution in [3.05, 3.63) is 56.2 Å². The van der Waals surface area contributed by atoms with E-state index >= 15 is 0 Å². The van der Waals surface area contributed by atoms with Gasteiger partial charge >= 0.3 is 11.7 Å². The van der Waals surface area contributed by atoms with Crippen molar-refractivity contribution in [2.24, 2.45) is 0 Å². The molecule has 0 saturated heterocycles. The Kier molecular flexibility index (Phi) is 8.79. The highest BCUT2D eigenvalue weighted by atomic mass is 32.2. The molecule has 4 rings (SSSR count). The molecule has 0 bridgehead atoms. The maximum atomic E-state index is 13.5. The van der Waals surface area contributed by atoms with Gasteiger partial charge in [0.2, 0.25) is 5.95 Å². The Hall–Kier alpha value is -3.01. The van der Waals surface area contributed by atoms with Crippen molar-refractivity contribution < 1.29 is 9.53 Å². The van der Waals surface area contributed by atoms with Crippen LogP contribution in [-0.2, 0) is 35.3 Å². The van der Waals surface area contributed by atoms with E-state index in [1.165, 1.54) is 11.0 Å². The molecule has 1 saturated carbocycles. The van der Waals surface area contributed by atoms with Crippen LogP contribution in [0.5, 0.6) is 0 Å². The summed E-state index contributed by atoms with van der Waals surface area (Å²) in [7, 11) is 0.223. The highest BCUT2D eigenvalue weighted by molar-refractivity contribution is 7.95. The fraction of sp³-hybridized carbons (Fsp3) is 0.556. The highest BCUT2D eigenvalue weighted by Crippen LogP contribution is 2.24. The van der Waals surface area contributed by atoms with E-state index in [4.69, 9.17) is 9.72 Å². The Bertz CT molecular complexity index is 1350. The van der Waals surface area contributed by atoms with Crippen molar-refractivity contribution in [3.8, 4) is 0 Å². The zero-order chi connectivity index (χ0) is 26.5. The second-order valence-electron chi connectivity index (χ2n) is 9.77. The van der Waals surface area contributed by atoms with Crippen molar-refractivity contribution in [1.82, 2.24) is 18.7 Å². The number of benzene rings is 1. The minimum atomic E-state index is -0.336. The van der Waals surface area contributed by atoms with Gasteiger partial charge in [0, 0.05) is 19.1 Å². The van der Waals surface area contributed by atoms with Crippen LogP contribution in [0.25, 0.3) is 11.2 Å². The molecule has 200 valence electrons. The molecule has 0 radical (unpaired) electrons. The molecule has 0 amide bonds. The average Bonchev–Trinajstić information content (AvgIpc) is 3.22. The molecule has 1 fully saturated rings. The number of carbonyl (C=O) groups is 1. The van der Waals surface area contributed by atoms with Gasteiger partial charge in [0.25, 0.3) is 5.56 Å². The van der Waals surface area contributed by atoms with Gasteiger partial charge < -0.3 is 10.1 Å². The van der Waals surface area contributed by atoms with Crippen LogP contribution >= 0.6 is 0 Å². The second kappa shape index (κ2) is 12.0. The third kappa shape index (κ3) is 5.95. The van der Waals surface area contributed by atoms with E-state index in [-0.39, 0.29) is 40.7 Å². The first kappa shape index (κ1) is 27.0. The quantitative estimate of drug-likeness (QED) is 0.320. The molecule has 1 aromatic carbocycles. The zero-order valence-corrected chi connectivity index (χ0v) is 23.1. The maximum Gasteiger partial charge on any atom is 0.338 e. The lowest BCUT2D eigenvalue weighted by molar-refractivity contribution is 0.0530. The van der Waals surface area contributed by atoms with Crippen molar-refractivity contribution >= 4 is 34.0 Å². The van der Waals surface area contributed by atoms with Crippen LogP contribution in [0.15, 0.2) is 33.9 Å². The Morgan fingerprint density at radius 3 is 2.32 bits per heavy atom. The highest BCUT2D eigenvalue weighted by Gasteiger charge is 2.23. The van der Waals surface area contributed by atoms with E-state index in [0.29, 0.717) is 42.4 Å². The summed E-state index contributed by atoms with van der Waals surface area (Å²) >= 11 is 0. The van der Waals surface area contributed by atoms with E-state index in [0.717, 1.165) is 37.0 Å². The lowest BCUT2D eigenvalue weighted by atomic mass is 9.96. The van der Waals surface area contributed by atoms with E-state index in [2.05, 4.69) is 17.8 Å². The fourth-order valence-electron chi connectivity index (χ4n) is 4.86. The predicted molar refractivity (Wildman–Crippen MR) is 150 cm³/mol. The lowest BCUT2D eigenvalue weighted by Crippen LogP contribution is -2.40. The number of anilines is 1. The SMILES string of the molecule is CCn1c(=O)c2c(nc(NC3CCCCC3)n2Cc2ccc(C(=O)OCC[S+](C)C)cc2)n(CC)c1=O. The number of fused-ring (bicyclic) bond motifs is 1. The number of nitrogens with one attached hydrogen (secondary N) is 1. The molecular formula is C27H38N5O4S+. The summed E-state index contributed by atoms with van der Waals surface area (Å²) in [5.74, 6) is 1.13. The van der Waals surface area contributed by atoms with Crippen LogP contribution < -0.4 is 16.6 Å². The molecule has 1 aliphatic rings. The number of ether oxygens (including phenoxy) is 1. The molecule has 2 heterocycles. The van der Waals surface area contributed by atoms with Crippen LogP contribution in [-0.4, -0.2) is 55.6 Å². The normalized spacial score (nSPS) is 14.4. The van der Waals surface area contributed by atoms with Gasteiger partial charge in [-0.3, -0.25) is 18.5 Å². The molecule has 0 aliphatic heterocycles. The molecule has 10 heteroatoms. The lowest BCUT2D eigenvalue weighted by Gasteiger charge is -2.23. The summed E-state index contributed by atoms with van der Waals surface area (Å²) in [5.41, 5.74) is 1.58. The molecule has 0 unspecified atom stereocenters. The van der Waals surface area contributed by atoms with E-state index in [1.807, 2.05) is 23.6 Å². The van der Waals surface area contributed by atoms with Gasteiger partial charge in [-0.25, -0.2) is 9.59 Å². The maximum absolute atomic E-state index is 13.5. The average molecular weight is 529 g/mol. The number of carbonyl (C=O) groups excluding carboxylic acids is 1. The number of aromatic nitrogens is 4. The smallest absolute Gasteiger partial charge is 0.338 e. The molecule has 9 nitrogen and oxygen atoms in total. The van der Waals surface area contributed by atoms with Crippen molar-refractivity contribution in [1.29, 1.82) is 0 Å². The van der Waals surface area contributed by atoms with Crippen LogP contribution in [0, 0.1) is 0 Å². The molecule has 0 spiro atoms. The van der Waals surface area contributed by atoms with Gasteiger partial charge in [0.1, 0.15) is 12.4 Å². The number of hydrogen-bond donors (Lipinski definition) is 1. The molecule has 1 N–H and O–H groups in total. The number of imidazole rings is 1. The minimum absolute atomic E-state index is 0.223. The third-order valence-electron chi connectivity index (χ3n) is 6.94. The van der Waals surface area contributed by atoms with Crippen LogP contribution in [0.4, 0.5) is 5.95 Å². The van der Waals surface area contributed by atoms with Gasteiger partial charge in [-0.15, -0.1) is 0 Å². The summed E-state index contributed by atoms with van der Waals surface area (Å²) in [6.45, 7) is 5.20. The van der Waals surface area contributed by atoms with Crippen molar-refractivity contribution in [2.75, 3.05) is 30.2 Å². The molecule has 1 aliphatic carbocycles. The van der Waals surface area contributed by atoms with Crippen LogP contribution in [0.2, 0.25) is 0 Å². The molecule has 3 aromatic rings. The largest absolute Gasteiger partial charge is 0.457 e. The number of nitrogens with zero attached hydrogens (tertiary/aromatic N) is 4. The van der Waals surface area contributed by atoms with Gasteiger partial charge in [0.05, 0.1) is 24.6 Å². The third-order valence-corrected chi connectivity index (χ3v) is 7.92. The van der Waals surface area contributed by atoms with Gasteiger partial charge in [-0.2, -0.15) is 4.98 Å². The summed E-state index contributed by atoms with van der Waals surface area (Å²) in [6.07, 6.45) is 9.90. The van der Waals surface area contributed by atoms with Crippen LogP contribution in [0.1, 0.15) is 61.9 Å². The molecule has 0 atom stereocenters. The standard InChI is InChI=1S/C27H37N5O4S/c1-5-30-23-22(24(33)31(6-2)27(30)35)32(26(29-23)28-21-10-8-7-9-11-21)18-19-12-14-20(15-13-19)25(34)36-16-17-37(3)4/h12-15,21H,5-11,16-18H2,1-4H3/p+1. The van der Waals surface area contributed by atoms with Gasteiger partial charge in [-0.1, -0.05) is 31.4 Å². The topological polar surface area (TPSA) is 100 Å². The van der Waals surface area contributed by atoms with Gasteiger partial charge in [0.15, 0.2) is 11.2 Å². The first-order valence-electron chi connectivity index (χ1n) is 13.1. The van der Waals surface area contributed by atoms with Crippen molar-refractivity contribution in [2.45, 2.75) is 71.6 Å². The number of hydrogen-bond acceptors (Lipinski definition) is 6. The van der Waals surface area contributed by atoms with Crippen molar-refractivity contribution in [3.63, 3.8) is 0 Å². The predicted octanol–water partition coefficient (Wildman–Crippen LogP) is 3.23. The fourth-order valence-corrected chi connectivity index (χ4v) is 5.28.